The quantitative estimate of drug-likeness (QED) is 0.816. The van der Waals surface area contributed by atoms with Crippen molar-refractivity contribution < 1.29 is 14.3 Å². The Morgan fingerprint density at radius 1 is 1.29 bits per heavy atom. The van der Waals surface area contributed by atoms with Gasteiger partial charge in [-0.25, -0.2) is 4.79 Å². The van der Waals surface area contributed by atoms with Gasteiger partial charge in [-0.1, -0.05) is 30.3 Å². The number of nitrogens with two attached hydrogens (primary N) is 1. The van der Waals surface area contributed by atoms with Crippen LogP contribution in [0.5, 0.6) is 0 Å². The smallest absolute Gasteiger partial charge is 0.410 e. The van der Waals surface area contributed by atoms with Crippen LogP contribution in [0.4, 0.5) is 4.79 Å². The number of amides is 1. The molecule has 0 bridgehead atoms. The van der Waals surface area contributed by atoms with Crippen LogP contribution in [0.3, 0.4) is 0 Å². The number of rotatable bonds is 6. The lowest BCUT2D eigenvalue weighted by Gasteiger charge is -2.34. The molecule has 21 heavy (non-hydrogen) atoms. The van der Waals surface area contributed by atoms with Gasteiger partial charge >= 0.3 is 6.09 Å². The summed E-state index contributed by atoms with van der Waals surface area (Å²) in [5, 5.41) is 0. The predicted octanol–water partition coefficient (Wildman–Crippen LogP) is 2.15. The Bertz CT molecular complexity index is 425. The van der Waals surface area contributed by atoms with Crippen LogP contribution in [0.1, 0.15) is 24.8 Å². The summed E-state index contributed by atoms with van der Waals surface area (Å²) in [6, 6.07) is 9.83. The van der Waals surface area contributed by atoms with Crippen LogP contribution in [0.2, 0.25) is 0 Å². The van der Waals surface area contributed by atoms with Crippen molar-refractivity contribution >= 4 is 6.09 Å². The Hall–Kier alpha value is -1.59. The number of nitrogens with zero attached hydrogens (tertiary/aromatic N) is 1. The standard InChI is InChI=1S/C16H24N2O3/c17-9-11-20-13-15-8-4-5-10-18(15)16(19)21-12-14-6-2-1-3-7-14/h1-3,6-7,15H,4-5,8-13,17H2/t15-/m0/s1. The number of likely N-dealkylation sites (tertiary alicyclic amines) is 1. The van der Waals surface area contributed by atoms with Crippen molar-refractivity contribution in [2.75, 3.05) is 26.3 Å². The number of benzene rings is 1. The SMILES string of the molecule is NCCOC[C@@H]1CCCCN1C(=O)OCc1ccccc1. The molecule has 0 aromatic heterocycles. The lowest BCUT2D eigenvalue weighted by atomic mass is 10.0. The maximum absolute atomic E-state index is 12.2. The Morgan fingerprint density at radius 3 is 2.86 bits per heavy atom. The molecular formula is C16H24N2O3. The zero-order valence-electron chi connectivity index (χ0n) is 12.4. The lowest BCUT2D eigenvalue weighted by molar-refractivity contribution is 0.0279. The van der Waals surface area contributed by atoms with Gasteiger partial charge in [0, 0.05) is 13.1 Å². The van der Waals surface area contributed by atoms with Crippen LogP contribution in [-0.2, 0) is 16.1 Å². The Kier molecular flexibility index (Phi) is 6.50. The van der Waals surface area contributed by atoms with Gasteiger partial charge in [0.1, 0.15) is 6.61 Å². The molecule has 1 aromatic rings. The number of ether oxygens (including phenoxy) is 2. The van der Waals surface area contributed by atoms with Crippen LogP contribution in [0, 0.1) is 0 Å². The van der Waals surface area contributed by atoms with Gasteiger partial charge in [-0.3, -0.25) is 0 Å². The molecule has 5 nitrogen and oxygen atoms in total. The average molecular weight is 292 g/mol. The van der Waals surface area contributed by atoms with Crippen molar-refractivity contribution in [3.63, 3.8) is 0 Å². The van der Waals surface area contributed by atoms with Crippen LogP contribution >= 0.6 is 0 Å². The summed E-state index contributed by atoms with van der Waals surface area (Å²) in [5.74, 6) is 0. The first kappa shape index (κ1) is 15.8. The molecule has 1 aromatic carbocycles. The molecule has 1 atom stereocenters. The lowest BCUT2D eigenvalue weighted by Crippen LogP contribution is -2.46. The maximum Gasteiger partial charge on any atom is 0.410 e. The van der Waals surface area contributed by atoms with E-state index in [4.69, 9.17) is 15.2 Å². The highest BCUT2D eigenvalue weighted by Gasteiger charge is 2.27. The second kappa shape index (κ2) is 8.64. The first-order valence-electron chi connectivity index (χ1n) is 7.56. The van der Waals surface area contributed by atoms with Crippen molar-refractivity contribution in [2.45, 2.75) is 31.9 Å². The average Bonchev–Trinajstić information content (AvgIpc) is 2.54. The molecule has 1 aliphatic heterocycles. The maximum atomic E-state index is 12.2. The Labute approximate surface area is 126 Å². The molecule has 0 radical (unpaired) electrons. The molecule has 1 aliphatic rings. The summed E-state index contributed by atoms with van der Waals surface area (Å²) in [4.78, 5) is 14.0. The third-order valence-corrected chi connectivity index (χ3v) is 3.64. The van der Waals surface area contributed by atoms with Gasteiger partial charge in [-0.15, -0.1) is 0 Å². The highest BCUT2D eigenvalue weighted by molar-refractivity contribution is 5.68. The van der Waals surface area contributed by atoms with E-state index in [9.17, 15) is 4.79 Å². The van der Waals surface area contributed by atoms with Crippen LogP contribution in [0.15, 0.2) is 30.3 Å². The van der Waals surface area contributed by atoms with Crippen LogP contribution in [0.25, 0.3) is 0 Å². The van der Waals surface area contributed by atoms with Crippen LogP contribution in [-0.4, -0.2) is 43.3 Å². The number of carbonyl (C=O) groups is 1. The van der Waals surface area contributed by atoms with E-state index < -0.39 is 0 Å². The molecule has 0 saturated carbocycles. The molecular weight excluding hydrogens is 268 g/mol. The summed E-state index contributed by atoms with van der Waals surface area (Å²) >= 11 is 0. The van der Waals surface area contributed by atoms with Gasteiger partial charge < -0.3 is 20.1 Å². The van der Waals surface area contributed by atoms with Crippen molar-refractivity contribution in [3.8, 4) is 0 Å². The van der Waals surface area contributed by atoms with Gasteiger partial charge in [0.2, 0.25) is 0 Å². The van der Waals surface area contributed by atoms with Crippen molar-refractivity contribution in [2.24, 2.45) is 5.73 Å². The van der Waals surface area contributed by atoms with E-state index in [0.717, 1.165) is 31.4 Å². The molecule has 116 valence electrons. The first-order chi connectivity index (χ1) is 10.3. The molecule has 1 saturated heterocycles. The summed E-state index contributed by atoms with van der Waals surface area (Å²) in [5.41, 5.74) is 6.42. The largest absolute Gasteiger partial charge is 0.445 e. The third-order valence-electron chi connectivity index (χ3n) is 3.64. The highest BCUT2D eigenvalue weighted by Crippen LogP contribution is 2.18. The molecule has 1 amide bonds. The highest BCUT2D eigenvalue weighted by atomic mass is 16.6. The number of piperidine rings is 1. The molecule has 1 heterocycles. The fourth-order valence-electron chi connectivity index (χ4n) is 2.52. The first-order valence-corrected chi connectivity index (χ1v) is 7.56. The van der Waals surface area contributed by atoms with Crippen molar-refractivity contribution in [1.82, 2.24) is 4.90 Å². The summed E-state index contributed by atoms with van der Waals surface area (Å²) in [6.07, 6.45) is 2.86. The fourth-order valence-corrected chi connectivity index (χ4v) is 2.52. The van der Waals surface area contributed by atoms with Gasteiger partial charge in [0.15, 0.2) is 0 Å². The molecule has 0 spiro atoms. The minimum Gasteiger partial charge on any atom is -0.445 e. The van der Waals surface area contributed by atoms with E-state index >= 15 is 0 Å². The molecule has 0 unspecified atom stereocenters. The Morgan fingerprint density at radius 2 is 2.10 bits per heavy atom. The monoisotopic (exact) mass is 292 g/mol. The van der Waals surface area contributed by atoms with Gasteiger partial charge in [-0.2, -0.15) is 0 Å². The molecule has 0 aliphatic carbocycles. The van der Waals surface area contributed by atoms with Gasteiger partial charge in [-0.05, 0) is 24.8 Å². The summed E-state index contributed by atoms with van der Waals surface area (Å²) in [6.45, 7) is 2.63. The van der Waals surface area contributed by atoms with Gasteiger partial charge in [0.05, 0.1) is 19.3 Å². The fraction of sp³-hybridized carbons (Fsp3) is 0.562. The third kappa shape index (κ3) is 5.02. The minimum atomic E-state index is -0.250. The number of hydrogen-bond acceptors (Lipinski definition) is 4. The van der Waals surface area contributed by atoms with E-state index in [1.165, 1.54) is 0 Å². The van der Waals surface area contributed by atoms with E-state index in [1.54, 1.807) is 4.90 Å². The van der Waals surface area contributed by atoms with Crippen molar-refractivity contribution in [1.29, 1.82) is 0 Å². The zero-order valence-corrected chi connectivity index (χ0v) is 12.4. The number of carbonyl (C=O) groups excluding carboxylic acids is 1. The minimum absolute atomic E-state index is 0.105. The summed E-state index contributed by atoms with van der Waals surface area (Å²) < 4.78 is 10.9. The van der Waals surface area contributed by atoms with E-state index in [-0.39, 0.29) is 12.1 Å². The van der Waals surface area contributed by atoms with Crippen molar-refractivity contribution in [3.05, 3.63) is 35.9 Å². The molecule has 1 fully saturated rings. The van der Waals surface area contributed by atoms with E-state index in [0.29, 0.717) is 26.4 Å². The second-order valence-electron chi connectivity index (χ2n) is 5.25. The molecule has 5 heteroatoms. The second-order valence-corrected chi connectivity index (χ2v) is 5.25. The topological polar surface area (TPSA) is 64.8 Å². The predicted molar refractivity (Wildman–Crippen MR) is 80.8 cm³/mol. The normalized spacial score (nSPS) is 18.5. The zero-order chi connectivity index (χ0) is 14.9. The summed E-state index contributed by atoms with van der Waals surface area (Å²) in [7, 11) is 0. The molecule has 2 rings (SSSR count). The Balaban J connectivity index is 1.83. The van der Waals surface area contributed by atoms with E-state index in [1.807, 2.05) is 30.3 Å². The van der Waals surface area contributed by atoms with E-state index in [2.05, 4.69) is 0 Å². The molecule has 2 N–H and O–H groups in total. The van der Waals surface area contributed by atoms with Crippen LogP contribution < -0.4 is 5.73 Å². The van der Waals surface area contributed by atoms with Gasteiger partial charge in [0.25, 0.3) is 0 Å². The number of hydrogen-bond donors (Lipinski definition) is 1.